The first-order valence-corrected chi connectivity index (χ1v) is 7.68. The molecule has 1 aromatic carbocycles. The van der Waals surface area contributed by atoms with Crippen molar-refractivity contribution in [2.45, 2.75) is 19.4 Å². The highest BCUT2D eigenvalue weighted by molar-refractivity contribution is 7.20. The molecular formula is C16H15NO2S. The van der Waals surface area contributed by atoms with E-state index in [0.717, 1.165) is 12.5 Å². The van der Waals surface area contributed by atoms with Gasteiger partial charge in [-0.3, -0.25) is 0 Å². The number of carbonyl (C=O) groups excluding carboxylic acids is 1. The van der Waals surface area contributed by atoms with Crippen LogP contribution in [0, 0.1) is 5.92 Å². The van der Waals surface area contributed by atoms with Crippen LogP contribution in [0.15, 0.2) is 30.3 Å². The Bertz CT molecular complexity index is 810. The van der Waals surface area contributed by atoms with Gasteiger partial charge in [-0.05, 0) is 30.9 Å². The third-order valence-electron chi connectivity index (χ3n) is 3.97. The zero-order chi connectivity index (χ0) is 13.7. The van der Waals surface area contributed by atoms with E-state index in [0.29, 0.717) is 4.88 Å². The molecule has 0 bridgehead atoms. The van der Waals surface area contributed by atoms with Crippen LogP contribution in [0.4, 0.5) is 0 Å². The lowest BCUT2D eigenvalue weighted by molar-refractivity contribution is 0.0606. The maximum atomic E-state index is 11.7. The summed E-state index contributed by atoms with van der Waals surface area (Å²) in [5.41, 5.74) is 1.28. The van der Waals surface area contributed by atoms with Crippen molar-refractivity contribution in [1.82, 2.24) is 4.57 Å². The van der Waals surface area contributed by atoms with Crippen molar-refractivity contribution in [1.29, 1.82) is 0 Å². The third-order valence-corrected chi connectivity index (χ3v) is 5.10. The summed E-state index contributed by atoms with van der Waals surface area (Å²) in [7, 11) is 1.43. The van der Waals surface area contributed by atoms with Gasteiger partial charge in [-0.1, -0.05) is 18.2 Å². The number of ether oxygens (including phenoxy) is 1. The first kappa shape index (κ1) is 12.0. The molecule has 1 aliphatic carbocycles. The van der Waals surface area contributed by atoms with Gasteiger partial charge in [0.15, 0.2) is 0 Å². The molecule has 0 aliphatic heterocycles. The number of hydrogen-bond acceptors (Lipinski definition) is 3. The molecule has 0 radical (unpaired) electrons. The number of methoxy groups -OCH3 is 1. The summed E-state index contributed by atoms with van der Waals surface area (Å²) in [5, 5.41) is 2.40. The van der Waals surface area contributed by atoms with Crippen LogP contribution in [0.1, 0.15) is 22.5 Å². The number of thiophene rings is 1. The lowest BCUT2D eigenvalue weighted by Gasteiger charge is -2.04. The minimum atomic E-state index is -0.242. The molecule has 0 amide bonds. The van der Waals surface area contributed by atoms with Gasteiger partial charge >= 0.3 is 5.97 Å². The molecule has 20 heavy (non-hydrogen) atoms. The van der Waals surface area contributed by atoms with Gasteiger partial charge < -0.3 is 9.30 Å². The molecular weight excluding hydrogens is 270 g/mol. The molecule has 2 aromatic heterocycles. The maximum Gasteiger partial charge on any atom is 0.348 e. The topological polar surface area (TPSA) is 31.2 Å². The summed E-state index contributed by atoms with van der Waals surface area (Å²) in [6.07, 6.45) is 2.65. The molecule has 102 valence electrons. The second-order valence-electron chi connectivity index (χ2n) is 5.39. The van der Waals surface area contributed by atoms with E-state index < -0.39 is 0 Å². The Labute approximate surface area is 120 Å². The summed E-state index contributed by atoms with van der Waals surface area (Å²) in [6.45, 7) is 1.06. The van der Waals surface area contributed by atoms with E-state index in [4.69, 9.17) is 4.74 Å². The van der Waals surface area contributed by atoms with Gasteiger partial charge in [0.2, 0.25) is 0 Å². The van der Waals surface area contributed by atoms with Crippen molar-refractivity contribution < 1.29 is 9.53 Å². The van der Waals surface area contributed by atoms with Gasteiger partial charge in [-0.2, -0.15) is 0 Å². The molecule has 1 fully saturated rings. The predicted molar refractivity (Wildman–Crippen MR) is 81.4 cm³/mol. The minimum absolute atomic E-state index is 0.242. The Kier molecular flexibility index (Phi) is 2.60. The second kappa shape index (κ2) is 4.35. The van der Waals surface area contributed by atoms with Crippen LogP contribution in [0.5, 0.6) is 0 Å². The lowest BCUT2D eigenvalue weighted by atomic mass is 10.2. The fraction of sp³-hybridized carbons (Fsp3) is 0.312. The zero-order valence-electron chi connectivity index (χ0n) is 11.3. The van der Waals surface area contributed by atoms with Gasteiger partial charge in [-0.15, -0.1) is 11.3 Å². The van der Waals surface area contributed by atoms with E-state index in [-0.39, 0.29) is 5.97 Å². The van der Waals surface area contributed by atoms with Crippen molar-refractivity contribution in [3.63, 3.8) is 0 Å². The number of rotatable bonds is 3. The number of para-hydroxylation sites is 1. The number of hydrogen-bond donors (Lipinski definition) is 0. The molecule has 2 heterocycles. The van der Waals surface area contributed by atoms with E-state index in [1.807, 2.05) is 6.07 Å². The predicted octanol–water partition coefficient (Wildman–Crippen LogP) is 4.05. The molecule has 0 N–H and O–H groups in total. The first-order valence-electron chi connectivity index (χ1n) is 6.87. The highest BCUT2D eigenvalue weighted by atomic mass is 32.1. The summed E-state index contributed by atoms with van der Waals surface area (Å²) in [4.78, 5) is 13.6. The molecule has 4 heteroatoms. The summed E-state index contributed by atoms with van der Waals surface area (Å²) in [5.74, 6) is 0.561. The minimum Gasteiger partial charge on any atom is -0.465 e. The Morgan fingerprint density at radius 3 is 2.90 bits per heavy atom. The molecule has 4 rings (SSSR count). The fourth-order valence-corrected chi connectivity index (χ4v) is 3.88. The molecule has 1 saturated carbocycles. The van der Waals surface area contributed by atoms with Crippen molar-refractivity contribution in [3.05, 3.63) is 35.2 Å². The first-order chi connectivity index (χ1) is 9.78. The van der Waals surface area contributed by atoms with Crippen LogP contribution >= 0.6 is 11.3 Å². The van der Waals surface area contributed by atoms with Gasteiger partial charge in [0.25, 0.3) is 0 Å². The van der Waals surface area contributed by atoms with Crippen molar-refractivity contribution in [2.75, 3.05) is 7.11 Å². The van der Waals surface area contributed by atoms with Crippen LogP contribution < -0.4 is 0 Å². The molecule has 0 unspecified atom stereocenters. The summed E-state index contributed by atoms with van der Waals surface area (Å²) >= 11 is 1.54. The van der Waals surface area contributed by atoms with Crippen LogP contribution in [-0.2, 0) is 11.3 Å². The Hall–Kier alpha value is -1.81. The maximum absolute atomic E-state index is 11.7. The average molecular weight is 285 g/mol. The number of esters is 1. The highest BCUT2D eigenvalue weighted by Gasteiger charge is 2.25. The quantitative estimate of drug-likeness (QED) is 0.680. The highest BCUT2D eigenvalue weighted by Crippen LogP contribution is 2.39. The smallest absolute Gasteiger partial charge is 0.348 e. The van der Waals surface area contributed by atoms with Gasteiger partial charge in [0, 0.05) is 22.8 Å². The number of fused-ring (bicyclic) bond motifs is 3. The number of carbonyl (C=O) groups is 1. The molecule has 0 atom stereocenters. The van der Waals surface area contributed by atoms with Gasteiger partial charge in [-0.25, -0.2) is 4.79 Å². The van der Waals surface area contributed by atoms with E-state index in [1.54, 1.807) is 11.3 Å². The van der Waals surface area contributed by atoms with Crippen LogP contribution in [0.25, 0.3) is 21.1 Å². The van der Waals surface area contributed by atoms with Crippen molar-refractivity contribution in [2.24, 2.45) is 5.92 Å². The van der Waals surface area contributed by atoms with E-state index in [9.17, 15) is 4.79 Å². The average Bonchev–Trinajstić information content (AvgIpc) is 3.12. The van der Waals surface area contributed by atoms with Crippen molar-refractivity contribution >= 4 is 38.4 Å². The molecule has 0 saturated heterocycles. The largest absolute Gasteiger partial charge is 0.465 e. The van der Waals surface area contributed by atoms with Crippen molar-refractivity contribution in [3.8, 4) is 0 Å². The Balaban J connectivity index is 1.98. The monoisotopic (exact) mass is 285 g/mol. The van der Waals surface area contributed by atoms with Crippen LogP contribution in [0.3, 0.4) is 0 Å². The SMILES string of the molecule is COC(=O)c1cc2c3ccccc3n(CC3CC3)c2s1. The molecule has 0 spiro atoms. The lowest BCUT2D eigenvalue weighted by Crippen LogP contribution is -1.99. The van der Waals surface area contributed by atoms with E-state index in [2.05, 4.69) is 28.8 Å². The fourth-order valence-electron chi connectivity index (χ4n) is 2.76. The standard InChI is InChI=1S/C16H15NO2S/c1-19-16(18)14-8-12-11-4-2-3-5-13(11)17(15(12)20-14)9-10-6-7-10/h2-5,8,10H,6-7,9H2,1H3. The molecule has 3 nitrogen and oxygen atoms in total. The molecule has 3 aromatic rings. The van der Waals surface area contributed by atoms with E-state index in [1.165, 1.54) is 41.1 Å². The Morgan fingerprint density at radius 2 is 2.15 bits per heavy atom. The third kappa shape index (κ3) is 1.75. The van der Waals surface area contributed by atoms with Crippen LogP contribution in [-0.4, -0.2) is 17.6 Å². The second-order valence-corrected chi connectivity index (χ2v) is 6.42. The zero-order valence-corrected chi connectivity index (χ0v) is 12.1. The normalized spacial score (nSPS) is 15.1. The summed E-state index contributed by atoms with van der Waals surface area (Å²) < 4.78 is 7.22. The number of aromatic nitrogens is 1. The van der Waals surface area contributed by atoms with E-state index >= 15 is 0 Å². The number of benzene rings is 1. The number of nitrogens with zero attached hydrogens (tertiary/aromatic N) is 1. The van der Waals surface area contributed by atoms with Gasteiger partial charge in [0.05, 0.1) is 7.11 Å². The van der Waals surface area contributed by atoms with Gasteiger partial charge in [0.1, 0.15) is 9.71 Å². The summed E-state index contributed by atoms with van der Waals surface area (Å²) in [6, 6.07) is 10.4. The molecule has 1 aliphatic rings. The Morgan fingerprint density at radius 1 is 1.35 bits per heavy atom. The van der Waals surface area contributed by atoms with Crippen LogP contribution in [0.2, 0.25) is 0 Å².